The number of nitrogens with zero attached hydrogens (tertiary/aromatic N) is 2. The molecule has 0 saturated carbocycles. The maximum Gasteiger partial charge on any atom is 0.157 e. The normalized spacial score (nSPS) is 10.7. The average Bonchev–Trinajstić information content (AvgIpc) is 2.95. The zero-order valence-corrected chi connectivity index (χ0v) is 11.2. The molecule has 0 aromatic carbocycles. The molecule has 0 spiro atoms. The van der Waals surface area contributed by atoms with Gasteiger partial charge in [-0.2, -0.15) is 5.10 Å². The first-order valence-electron chi connectivity index (χ1n) is 6.04. The summed E-state index contributed by atoms with van der Waals surface area (Å²) < 4.78 is 7.62. The molecule has 0 saturated heterocycles. The Morgan fingerprint density at radius 3 is 2.82 bits per heavy atom. The van der Waals surface area contributed by atoms with Gasteiger partial charge >= 0.3 is 0 Å². The summed E-state index contributed by atoms with van der Waals surface area (Å²) in [5, 5.41) is 4.23. The van der Waals surface area contributed by atoms with Crippen molar-refractivity contribution in [2.75, 3.05) is 0 Å². The number of hydrogen-bond acceptors (Lipinski definition) is 3. The standard InChI is InChI=1S/C13H18N2OS/c1-3-7-15-9-11(8-14-15)16-10-13-6-5-12(4-2)17-13/h5-6,8-9H,3-4,7,10H2,1-2H3. The zero-order chi connectivity index (χ0) is 12.1. The summed E-state index contributed by atoms with van der Waals surface area (Å²) in [7, 11) is 0. The van der Waals surface area contributed by atoms with Crippen molar-refractivity contribution in [1.82, 2.24) is 9.78 Å². The Kier molecular flexibility index (Phi) is 4.20. The van der Waals surface area contributed by atoms with Gasteiger partial charge in [-0.15, -0.1) is 11.3 Å². The lowest BCUT2D eigenvalue weighted by Crippen LogP contribution is -1.96. The Labute approximate surface area is 106 Å². The first-order chi connectivity index (χ1) is 8.31. The Balaban J connectivity index is 1.88. The fourth-order valence-electron chi connectivity index (χ4n) is 1.61. The second-order valence-electron chi connectivity index (χ2n) is 3.95. The van der Waals surface area contributed by atoms with Crippen LogP contribution in [-0.4, -0.2) is 9.78 Å². The zero-order valence-electron chi connectivity index (χ0n) is 10.3. The summed E-state index contributed by atoms with van der Waals surface area (Å²) in [6, 6.07) is 4.31. The summed E-state index contributed by atoms with van der Waals surface area (Å²) >= 11 is 1.82. The third-order valence-corrected chi connectivity index (χ3v) is 3.71. The van der Waals surface area contributed by atoms with Crippen LogP contribution in [0.25, 0.3) is 0 Å². The molecular formula is C13H18N2OS. The summed E-state index contributed by atoms with van der Waals surface area (Å²) in [5.74, 6) is 0.852. The van der Waals surface area contributed by atoms with Crippen LogP contribution in [0.2, 0.25) is 0 Å². The third-order valence-electron chi connectivity index (χ3n) is 2.51. The molecule has 17 heavy (non-hydrogen) atoms. The average molecular weight is 250 g/mol. The van der Waals surface area contributed by atoms with Gasteiger partial charge in [0.2, 0.25) is 0 Å². The topological polar surface area (TPSA) is 27.1 Å². The highest BCUT2D eigenvalue weighted by Crippen LogP contribution is 2.19. The monoisotopic (exact) mass is 250 g/mol. The number of thiophene rings is 1. The molecule has 0 bridgehead atoms. The maximum absolute atomic E-state index is 5.70. The molecule has 0 atom stereocenters. The minimum Gasteiger partial charge on any atom is -0.485 e. The summed E-state index contributed by atoms with van der Waals surface area (Å²) in [6.07, 6.45) is 5.92. The van der Waals surface area contributed by atoms with Gasteiger partial charge in [-0.3, -0.25) is 4.68 Å². The number of aryl methyl sites for hydroxylation is 2. The lowest BCUT2D eigenvalue weighted by molar-refractivity contribution is 0.309. The molecule has 0 N–H and O–H groups in total. The minimum atomic E-state index is 0.641. The van der Waals surface area contributed by atoms with Crippen molar-refractivity contribution in [3.8, 4) is 5.75 Å². The highest BCUT2D eigenvalue weighted by Gasteiger charge is 2.02. The van der Waals surface area contributed by atoms with Crippen LogP contribution in [0.5, 0.6) is 5.75 Å². The Morgan fingerprint density at radius 2 is 2.12 bits per heavy atom. The predicted octanol–water partition coefficient (Wildman–Crippen LogP) is 3.50. The molecule has 4 heteroatoms. The van der Waals surface area contributed by atoms with Crippen LogP contribution in [0, 0.1) is 0 Å². The SMILES string of the molecule is CCCn1cc(OCc2ccc(CC)s2)cn1. The quantitative estimate of drug-likeness (QED) is 0.784. The van der Waals surface area contributed by atoms with Gasteiger partial charge < -0.3 is 4.74 Å². The Hall–Kier alpha value is -1.29. The van der Waals surface area contributed by atoms with E-state index < -0.39 is 0 Å². The predicted molar refractivity (Wildman–Crippen MR) is 70.5 cm³/mol. The first kappa shape index (κ1) is 12.2. The van der Waals surface area contributed by atoms with Gasteiger partial charge in [0, 0.05) is 16.3 Å². The van der Waals surface area contributed by atoms with Crippen LogP contribution in [0.1, 0.15) is 30.0 Å². The van der Waals surface area contributed by atoms with Gasteiger partial charge in [0.05, 0.1) is 12.4 Å². The van der Waals surface area contributed by atoms with E-state index in [1.807, 2.05) is 22.2 Å². The number of rotatable bonds is 6. The Bertz CT molecular complexity index is 461. The van der Waals surface area contributed by atoms with Crippen molar-refractivity contribution >= 4 is 11.3 Å². The molecule has 3 nitrogen and oxygen atoms in total. The van der Waals surface area contributed by atoms with Crippen molar-refractivity contribution in [3.63, 3.8) is 0 Å². The van der Waals surface area contributed by atoms with E-state index in [1.54, 1.807) is 6.20 Å². The second-order valence-corrected chi connectivity index (χ2v) is 5.20. The van der Waals surface area contributed by atoms with E-state index in [2.05, 4.69) is 31.1 Å². The minimum absolute atomic E-state index is 0.641. The highest BCUT2D eigenvalue weighted by atomic mass is 32.1. The fraction of sp³-hybridized carbons (Fsp3) is 0.462. The van der Waals surface area contributed by atoms with E-state index in [9.17, 15) is 0 Å². The number of hydrogen-bond donors (Lipinski definition) is 0. The van der Waals surface area contributed by atoms with Crippen molar-refractivity contribution in [2.24, 2.45) is 0 Å². The van der Waals surface area contributed by atoms with E-state index in [-0.39, 0.29) is 0 Å². The molecule has 2 rings (SSSR count). The van der Waals surface area contributed by atoms with E-state index >= 15 is 0 Å². The van der Waals surface area contributed by atoms with Gasteiger partial charge in [-0.25, -0.2) is 0 Å². The summed E-state index contributed by atoms with van der Waals surface area (Å²) in [4.78, 5) is 2.68. The van der Waals surface area contributed by atoms with Crippen LogP contribution in [0.4, 0.5) is 0 Å². The van der Waals surface area contributed by atoms with Gasteiger partial charge in [0.1, 0.15) is 6.61 Å². The molecule has 92 valence electrons. The molecule has 0 unspecified atom stereocenters. The second kappa shape index (κ2) is 5.87. The van der Waals surface area contributed by atoms with Crippen molar-refractivity contribution < 1.29 is 4.74 Å². The van der Waals surface area contributed by atoms with Crippen molar-refractivity contribution in [1.29, 1.82) is 0 Å². The van der Waals surface area contributed by atoms with E-state index in [0.29, 0.717) is 6.61 Å². The summed E-state index contributed by atoms with van der Waals surface area (Å²) in [6.45, 7) is 5.90. The molecule has 2 aromatic rings. The lowest BCUT2D eigenvalue weighted by Gasteiger charge is -2.00. The molecular weight excluding hydrogens is 232 g/mol. The van der Waals surface area contributed by atoms with Crippen LogP contribution in [0.15, 0.2) is 24.5 Å². The van der Waals surface area contributed by atoms with Crippen LogP contribution in [0.3, 0.4) is 0 Å². The van der Waals surface area contributed by atoms with Crippen LogP contribution >= 0.6 is 11.3 Å². The molecule has 2 heterocycles. The van der Waals surface area contributed by atoms with Gasteiger partial charge in [-0.1, -0.05) is 13.8 Å². The van der Waals surface area contributed by atoms with Gasteiger partial charge in [0.25, 0.3) is 0 Å². The van der Waals surface area contributed by atoms with Crippen LogP contribution in [-0.2, 0) is 19.6 Å². The molecule has 0 fully saturated rings. The molecule has 2 aromatic heterocycles. The smallest absolute Gasteiger partial charge is 0.157 e. The lowest BCUT2D eigenvalue weighted by atomic mass is 10.4. The highest BCUT2D eigenvalue weighted by molar-refractivity contribution is 7.11. The fourth-order valence-corrected chi connectivity index (χ4v) is 2.49. The maximum atomic E-state index is 5.70. The van der Waals surface area contributed by atoms with Gasteiger partial charge in [0.15, 0.2) is 5.75 Å². The van der Waals surface area contributed by atoms with E-state index in [4.69, 9.17) is 4.74 Å². The van der Waals surface area contributed by atoms with Crippen molar-refractivity contribution in [3.05, 3.63) is 34.3 Å². The third kappa shape index (κ3) is 3.33. The van der Waals surface area contributed by atoms with Crippen LogP contribution < -0.4 is 4.74 Å². The molecule has 0 aliphatic carbocycles. The summed E-state index contributed by atoms with van der Waals surface area (Å²) in [5.41, 5.74) is 0. The van der Waals surface area contributed by atoms with E-state index in [1.165, 1.54) is 9.75 Å². The largest absolute Gasteiger partial charge is 0.485 e. The molecule has 0 radical (unpaired) electrons. The number of ether oxygens (including phenoxy) is 1. The molecule has 0 amide bonds. The first-order valence-corrected chi connectivity index (χ1v) is 6.86. The van der Waals surface area contributed by atoms with E-state index in [0.717, 1.165) is 25.1 Å². The van der Waals surface area contributed by atoms with Crippen molar-refractivity contribution in [2.45, 2.75) is 39.8 Å². The Morgan fingerprint density at radius 1 is 1.29 bits per heavy atom. The molecule has 0 aliphatic heterocycles. The molecule has 0 aliphatic rings. The number of aromatic nitrogens is 2. The van der Waals surface area contributed by atoms with Gasteiger partial charge in [-0.05, 0) is 25.0 Å².